The maximum atomic E-state index is 9.05. The van der Waals surface area contributed by atoms with Gasteiger partial charge in [-0.15, -0.1) is 0 Å². The number of hydrogen-bond acceptors (Lipinski definition) is 3. The zero-order chi connectivity index (χ0) is 10.1. The summed E-state index contributed by atoms with van der Waals surface area (Å²) in [7, 11) is 0. The predicted octanol–water partition coefficient (Wildman–Crippen LogP) is 1.40. The Balaban J connectivity index is 2.60. The molecule has 1 rings (SSSR count). The van der Waals surface area contributed by atoms with E-state index in [1.54, 1.807) is 0 Å². The summed E-state index contributed by atoms with van der Waals surface area (Å²) in [6.45, 7) is 8.80. The Kier molecular flexibility index (Phi) is 3.33. The van der Waals surface area contributed by atoms with E-state index >= 15 is 0 Å². The van der Waals surface area contributed by atoms with Gasteiger partial charge < -0.3 is 14.6 Å². The van der Waals surface area contributed by atoms with Crippen molar-refractivity contribution in [1.29, 1.82) is 0 Å². The molecule has 0 aromatic heterocycles. The molecule has 1 heterocycles. The molecule has 78 valence electrons. The number of aliphatic hydroxyl groups is 1. The largest absolute Gasteiger partial charge is 0.396 e. The van der Waals surface area contributed by atoms with Gasteiger partial charge in [0.1, 0.15) is 0 Å². The van der Waals surface area contributed by atoms with E-state index in [-0.39, 0.29) is 18.6 Å². The molecular formula is C10H20O3. The highest BCUT2D eigenvalue weighted by molar-refractivity contribution is 4.78. The van der Waals surface area contributed by atoms with Gasteiger partial charge in [-0.2, -0.15) is 0 Å². The fourth-order valence-corrected chi connectivity index (χ4v) is 1.69. The monoisotopic (exact) mass is 188 g/mol. The number of aliphatic hydroxyl groups excluding tert-OH is 1. The van der Waals surface area contributed by atoms with E-state index in [0.29, 0.717) is 12.5 Å². The molecule has 0 radical (unpaired) electrons. The van der Waals surface area contributed by atoms with Crippen molar-refractivity contribution in [3.8, 4) is 0 Å². The van der Waals surface area contributed by atoms with Gasteiger partial charge in [0.05, 0.1) is 12.7 Å². The van der Waals surface area contributed by atoms with Crippen LogP contribution in [0.4, 0.5) is 0 Å². The summed E-state index contributed by atoms with van der Waals surface area (Å²) in [5.41, 5.74) is 0. The van der Waals surface area contributed by atoms with Crippen molar-refractivity contribution < 1.29 is 14.6 Å². The predicted molar refractivity (Wildman–Crippen MR) is 50.3 cm³/mol. The average molecular weight is 188 g/mol. The lowest BCUT2D eigenvalue weighted by Gasteiger charge is -2.42. The van der Waals surface area contributed by atoms with Gasteiger partial charge in [0, 0.05) is 18.4 Å². The molecule has 0 amide bonds. The van der Waals surface area contributed by atoms with Crippen LogP contribution in [-0.4, -0.2) is 30.2 Å². The lowest BCUT2D eigenvalue weighted by molar-refractivity contribution is -0.300. The van der Waals surface area contributed by atoms with Gasteiger partial charge >= 0.3 is 0 Å². The second kappa shape index (κ2) is 3.95. The van der Waals surface area contributed by atoms with Gasteiger partial charge in [-0.05, 0) is 13.8 Å². The van der Waals surface area contributed by atoms with Gasteiger partial charge in [-0.25, -0.2) is 0 Å². The molecule has 3 heteroatoms. The Bertz CT molecular complexity index is 164. The smallest absolute Gasteiger partial charge is 0.163 e. The van der Waals surface area contributed by atoms with Crippen LogP contribution in [0.1, 0.15) is 27.7 Å². The van der Waals surface area contributed by atoms with E-state index in [1.165, 1.54) is 0 Å². The Labute approximate surface area is 80.0 Å². The molecule has 13 heavy (non-hydrogen) atoms. The van der Waals surface area contributed by atoms with E-state index in [4.69, 9.17) is 14.6 Å². The third-order valence-electron chi connectivity index (χ3n) is 2.52. The zero-order valence-corrected chi connectivity index (χ0v) is 8.91. The molecule has 0 aromatic rings. The minimum absolute atomic E-state index is 0.105. The van der Waals surface area contributed by atoms with Crippen molar-refractivity contribution in [2.45, 2.75) is 39.6 Å². The van der Waals surface area contributed by atoms with Crippen LogP contribution in [0.2, 0.25) is 0 Å². The van der Waals surface area contributed by atoms with E-state index in [2.05, 4.69) is 6.92 Å². The summed E-state index contributed by atoms with van der Waals surface area (Å²) in [5.74, 6) is 0.0361. The van der Waals surface area contributed by atoms with Gasteiger partial charge in [-0.1, -0.05) is 13.8 Å². The van der Waals surface area contributed by atoms with E-state index in [0.717, 1.165) is 0 Å². The van der Waals surface area contributed by atoms with E-state index < -0.39 is 5.79 Å². The third-order valence-corrected chi connectivity index (χ3v) is 2.52. The Morgan fingerprint density at radius 3 is 2.69 bits per heavy atom. The van der Waals surface area contributed by atoms with Crippen molar-refractivity contribution in [1.82, 2.24) is 0 Å². The second-order valence-corrected chi connectivity index (χ2v) is 4.43. The first-order chi connectivity index (χ1) is 5.96. The van der Waals surface area contributed by atoms with Crippen molar-refractivity contribution in [3.05, 3.63) is 0 Å². The van der Waals surface area contributed by atoms with Crippen LogP contribution in [0, 0.1) is 11.8 Å². The van der Waals surface area contributed by atoms with Crippen molar-refractivity contribution in [3.63, 3.8) is 0 Å². The quantitative estimate of drug-likeness (QED) is 0.712. The molecule has 3 atom stereocenters. The fraction of sp³-hybridized carbons (Fsp3) is 1.00. The lowest BCUT2D eigenvalue weighted by atomic mass is 9.93. The fourth-order valence-electron chi connectivity index (χ4n) is 1.69. The molecule has 1 aliphatic rings. The highest BCUT2D eigenvalue weighted by Crippen LogP contribution is 2.29. The summed E-state index contributed by atoms with van der Waals surface area (Å²) in [4.78, 5) is 0. The van der Waals surface area contributed by atoms with E-state index in [1.807, 2.05) is 20.8 Å². The molecule has 1 aliphatic heterocycles. The third kappa shape index (κ3) is 2.66. The minimum Gasteiger partial charge on any atom is -0.396 e. The van der Waals surface area contributed by atoms with Crippen LogP contribution in [0.15, 0.2) is 0 Å². The highest BCUT2D eigenvalue weighted by Gasteiger charge is 2.36. The molecule has 0 aliphatic carbocycles. The first-order valence-corrected chi connectivity index (χ1v) is 4.89. The maximum Gasteiger partial charge on any atom is 0.163 e. The Morgan fingerprint density at radius 2 is 2.15 bits per heavy atom. The standard InChI is InChI=1S/C10H20O3/c1-7(5-11)9-8(2)6-12-10(3,4)13-9/h7-9,11H,5-6H2,1-4H3. The van der Waals surface area contributed by atoms with Gasteiger partial charge in [0.2, 0.25) is 0 Å². The molecule has 1 fully saturated rings. The molecule has 1 saturated heterocycles. The van der Waals surface area contributed by atoms with Crippen molar-refractivity contribution in [2.75, 3.05) is 13.2 Å². The molecule has 0 aromatic carbocycles. The van der Waals surface area contributed by atoms with Gasteiger partial charge in [0.15, 0.2) is 5.79 Å². The van der Waals surface area contributed by atoms with Crippen LogP contribution in [0.3, 0.4) is 0 Å². The SMILES string of the molecule is CC(CO)C1OC(C)(C)OCC1C. The molecule has 0 saturated carbocycles. The van der Waals surface area contributed by atoms with Gasteiger partial charge in [-0.3, -0.25) is 0 Å². The number of ether oxygens (including phenoxy) is 2. The first kappa shape index (κ1) is 11.0. The van der Waals surface area contributed by atoms with Crippen molar-refractivity contribution in [2.24, 2.45) is 11.8 Å². The van der Waals surface area contributed by atoms with Crippen LogP contribution in [0.25, 0.3) is 0 Å². The van der Waals surface area contributed by atoms with Crippen LogP contribution < -0.4 is 0 Å². The molecule has 3 unspecified atom stereocenters. The summed E-state index contributed by atoms with van der Waals surface area (Å²) in [6, 6.07) is 0. The van der Waals surface area contributed by atoms with Crippen molar-refractivity contribution >= 4 is 0 Å². The minimum atomic E-state index is -0.499. The number of rotatable bonds is 2. The summed E-state index contributed by atoms with van der Waals surface area (Å²) in [6.07, 6.45) is 0.105. The summed E-state index contributed by atoms with van der Waals surface area (Å²) >= 11 is 0. The Morgan fingerprint density at radius 1 is 1.54 bits per heavy atom. The van der Waals surface area contributed by atoms with E-state index in [9.17, 15) is 0 Å². The topological polar surface area (TPSA) is 38.7 Å². The Hall–Kier alpha value is -0.120. The zero-order valence-electron chi connectivity index (χ0n) is 8.91. The molecule has 0 spiro atoms. The lowest BCUT2D eigenvalue weighted by Crippen LogP contribution is -2.47. The highest BCUT2D eigenvalue weighted by atomic mass is 16.7. The second-order valence-electron chi connectivity index (χ2n) is 4.43. The van der Waals surface area contributed by atoms with Gasteiger partial charge in [0.25, 0.3) is 0 Å². The molecule has 0 bridgehead atoms. The summed E-state index contributed by atoms with van der Waals surface area (Å²) in [5, 5.41) is 9.05. The number of hydrogen-bond donors (Lipinski definition) is 1. The maximum absolute atomic E-state index is 9.05. The molecular weight excluding hydrogens is 168 g/mol. The first-order valence-electron chi connectivity index (χ1n) is 4.89. The normalized spacial score (nSPS) is 35.8. The molecule has 1 N–H and O–H groups in total. The van der Waals surface area contributed by atoms with Crippen LogP contribution in [-0.2, 0) is 9.47 Å². The van der Waals surface area contributed by atoms with Crippen LogP contribution in [0.5, 0.6) is 0 Å². The average Bonchev–Trinajstić information content (AvgIpc) is 2.08. The summed E-state index contributed by atoms with van der Waals surface area (Å²) < 4.78 is 11.3. The van der Waals surface area contributed by atoms with Crippen LogP contribution >= 0.6 is 0 Å². The molecule has 3 nitrogen and oxygen atoms in total.